The number of nitrogens with one attached hydrogen (secondary N) is 2. The first-order valence-electron chi connectivity index (χ1n) is 14.3. The number of Topliss-reactive ketones (excluding diaryl/α,β-unsaturated/α-hetero) is 1. The molecule has 3 heterocycles. The van der Waals surface area contributed by atoms with E-state index in [0.717, 1.165) is 28.3 Å². The molecule has 2 atom stereocenters. The fraction of sp³-hybridized carbons (Fsp3) is 0.312. The zero-order valence-electron chi connectivity index (χ0n) is 24.1. The molecular weight excluding hydrogens is 583 g/mol. The Morgan fingerprint density at radius 1 is 1.18 bits per heavy atom. The average molecular weight is 615 g/mol. The van der Waals surface area contributed by atoms with Crippen molar-refractivity contribution in [2.24, 2.45) is 0 Å². The highest BCUT2D eigenvalue weighted by Gasteiger charge is 2.56. The molecule has 1 aliphatic carbocycles. The molecule has 1 fully saturated rings. The first-order chi connectivity index (χ1) is 21.1. The van der Waals surface area contributed by atoms with Crippen LogP contribution in [0.3, 0.4) is 0 Å². The van der Waals surface area contributed by atoms with Crippen molar-refractivity contribution in [3.8, 4) is 12.3 Å². The summed E-state index contributed by atoms with van der Waals surface area (Å²) < 4.78 is 45.5. The maximum Gasteiger partial charge on any atom is 0.312 e. The standard InChI is InChI=1S/C32H31FN6O4S/c1-3-15-39(29-12-9-22-18-28-26(19-25(22)29)31(41)37-21(2)36-28)24-10-11-27(35-20-24)30(40)32(33,23-7-5-4-6-8-23)44(42,43)38-16-13-34-14-17-38/h1,4-8,10-11,18-20,29,34H,9,12-17H2,2H3,(H,36,37,41). The Hall–Kier alpha value is -4.44. The van der Waals surface area contributed by atoms with E-state index >= 15 is 4.39 Å². The Balaban J connectivity index is 1.35. The van der Waals surface area contributed by atoms with Crippen LogP contribution in [0, 0.1) is 19.3 Å². The third kappa shape index (κ3) is 4.96. The largest absolute Gasteiger partial charge is 0.352 e. The number of nitrogens with zero attached hydrogens (tertiary/aromatic N) is 4. The first-order valence-corrected chi connectivity index (χ1v) is 15.8. The van der Waals surface area contributed by atoms with Crippen molar-refractivity contribution in [3.63, 3.8) is 0 Å². The Labute approximate surface area is 254 Å². The van der Waals surface area contributed by atoms with Gasteiger partial charge in [0, 0.05) is 31.7 Å². The summed E-state index contributed by atoms with van der Waals surface area (Å²) in [5, 5.41) is 0.151. The van der Waals surface area contributed by atoms with Crippen molar-refractivity contribution >= 4 is 32.4 Å². The van der Waals surface area contributed by atoms with Crippen LogP contribution in [0.15, 0.2) is 65.6 Å². The quantitative estimate of drug-likeness (QED) is 0.229. The highest BCUT2D eigenvalue weighted by Crippen LogP contribution is 2.41. The summed E-state index contributed by atoms with van der Waals surface area (Å²) in [6.45, 7) is 2.72. The normalized spacial score (nSPS) is 18.3. The Bertz CT molecular complexity index is 1940. The van der Waals surface area contributed by atoms with Crippen molar-refractivity contribution in [2.75, 3.05) is 37.6 Å². The number of aryl methyl sites for hydroxylation is 2. The van der Waals surface area contributed by atoms with Gasteiger partial charge in [0.05, 0.1) is 35.4 Å². The molecule has 0 radical (unpaired) electrons. The minimum atomic E-state index is -4.76. The predicted molar refractivity (Wildman–Crippen MR) is 165 cm³/mol. The lowest BCUT2D eigenvalue weighted by molar-refractivity contribution is 0.0807. The number of carbonyl (C=O) groups excluding carboxylic acids is 1. The fourth-order valence-corrected chi connectivity index (χ4v) is 7.90. The first kappa shape index (κ1) is 29.6. The van der Waals surface area contributed by atoms with E-state index in [0.29, 0.717) is 35.5 Å². The summed E-state index contributed by atoms with van der Waals surface area (Å²) in [5.74, 6) is 1.94. The van der Waals surface area contributed by atoms with Crippen LogP contribution in [-0.4, -0.2) is 66.2 Å². The fourth-order valence-electron chi connectivity index (χ4n) is 6.11. The van der Waals surface area contributed by atoms with E-state index in [1.54, 1.807) is 19.1 Å². The van der Waals surface area contributed by atoms with Crippen molar-refractivity contribution < 1.29 is 17.6 Å². The number of pyridine rings is 1. The summed E-state index contributed by atoms with van der Waals surface area (Å²) in [7, 11) is -4.76. The maximum atomic E-state index is 17.0. The molecule has 226 valence electrons. The van der Waals surface area contributed by atoms with Crippen LogP contribution in [-0.2, 0) is 21.4 Å². The maximum absolute atomic E-state index is 17.0. The summed E-state index contributed by atoms with van der Waals surface area (Å²) in [4.78, 5) is 39.9. The summed E-state index contributed by atoms with van der Waals surface area (Å²) in [6.07, 6.45) is 8.62. The van der Waals surface area contributed by atoms with Crippen LogP contribution in [0.25, 0.3) is 10.9 Å². The van der Waals surface area contributed by atoms with Gasteiger partial charge in [-0.2, -0.15) is 4.31 Å². The number of carbonyl (C=O) groups is 1. The number of fused-ring (bicyclic) bond motifs is 2. The number of halogens is 1. The zero-order chi connectivity index (χ0) is 31.1. The van der Waals surface area contributed by atoms with E-state index < -0.39 is 20.8 Å². The van der Waals surface area contributed by atoms with Crippen molar-refractivity contribution in [2.45, 2.75) is 30.8 Å². The van der Waals surface area contributed by atoms with Crippen LogP contribution in [0.5, 0.6) is 0 Å². The molecule has 10 nitrogen and oxygen atoms in total. The highest BCUT2D eigenvalue weighted by atomic mass is 32.2. The lowest BCUT2D eigenvalue weighted by Gasteiger charge is -2.33. The van der Waals surface area contributed by atoms with Crippen molar-refractivity contribution in [1.82, 2.24) is 24.6 Å². The van der Waals surface area contributed by atoms with Gasteiger partial charge in [0.25, 0.3) is 15.6 Å². The molecule has 2 aliphatic rings. The van der Waals surface area contributed by atoms with Gasteiger partial charge in [0.15, 0.2) is 0 Å². The van der Waals surface area contributed by atoms with E-state index in [1.807, 2.05) is 17.0 Å². The second-order valence-corrected chi connectivity index (χ2v) is 13.0. The number of aromatic nitrogens is 3. The minimum Gasteiger partial charge on any atom is -0.352 e. The number of sulfonamides is 1. The second-order valence-electron chi connectivity index (χ2n) is 11.0. The van der Waals surface area contributed by atoms with Gasteiger partial charge in [0.1, 0.15) is 11.5 Å². The molecule has 12 heteroatoms. The molecule has 2 N–H and O–H groups in total. The molecule has 1 saturated heterocycles. The molecule has 6 rings (SSSR count). The molecule has 0 bridgehead atoms. The highest BCUT2D eigenvalue weighted by molar-refractivity contribution is 7.90. The topological polar surface area (TPSA) is 128 Å². The van der Waals surface area contributed by atoms with Gasteiger partial charge in [-0.05, 0) is 55.2 Å². The number of aromatic amines is 1. The van der Waals surface area contributed by atoms with E-state index in [9.17, 15) is 18.0 Å². The SMILES string of the molecule is C#CCN(c1ccc(C(=O)C(F)(c2ccccc2)S(=O)(=O)N2CCNCC2)nc1)C1CCc2cc3nc(C)[nH]c(=O)c3cc21. The molecule has 4 aromatic rings. The van der Waals surface area contributed by atoms with Crippen LogP contribution in [0.2, 0.25) is 0 Å². The van der Waals surface area contributed by atoms with Gasteiger partial charge in [-0.25, -0.2) is 17.8 Å². The minimum absolute atomic E-state index is 0.0429. The number of hydrogen-bond donors (Lipinski definition) is 2. The van der Waals surface area contributed by atoms with Crippen LogP contribution in [0.1, 0.15) is 45.5 Å². The lowest BCUT2D eigenvalue weighted by atomic mass is 10.0. The molecule has 1 aliphatic heterocycles. The number of hydrogen-bond acceptors (Lipinski definition) is 8. The van der Waals surface area contributed by atoms with Gasteiger partial charge < -0.3 is 15.2 Å². The van der Waals surface area contributed by atoms with E-state index in [4.69, 9.17) is 6.42 Å². The summed E-state index contributed by atoms with van der Waals surface area (Å²) in [5.41, 5.74) is 2.37. The van der Waals surface area contributed by atoms with E-state index in [1.165, 1.54) is 36.5 Å². The molecule has 2 aromatic carbocycles. The Kier molecular flexibility index (Phi) is 7.79. The summed E-state index contributed by atoms with van der Waals surface area (Å²) in [6, 6.07) is 13.7. The van der Waals surface area contributed by atoms with Gasteiger partial charge in [-0.15, -0.1) is 6.42 Å². The van der Waals surface area contributed by atoms with Crippen molar-refractivity contribution in [1.29, 1.82) is 0 Å². The molecule has 0 amide bonds. The second kappa shape index (κ2) is 11.6. The van der Waals surface area contributed by atoms with Gasteiger partial charge in [-0.3, -0.25) is 14.6 Å². The molecular formula is C32H31FN6O4S. The number of benzene rings is 2. The molecule has 44 heavy (non-hydrogen) atoms. The number of rotatable bonds is 8. The average Bonchev–Trinajstić information content (AvgIpc) is 3.45. The predicted octanol–water partition coefficient (Wildman–Crippen LogP) is 2.99. The third-order valence-electron chi connectivity index (χ3n) is 8.29. The van der Waals surface area contributed by atoms with Crippen LogP contribution in [0.4, 0.5) is 10.1 Å². The number of anilines is 1. The Morgan fingerprint density at radius 3 is 2.61 bits per heavy atom. The molecule has 2 aromatic heterocycles. The third-order valence-corrected chi connectivity index (χ3v) is 10.5. The monoisotopic (exact) mass is 614 g/mol. The van der Waals surface area contributed by atoms with E-state index in [2.05, 4.69) is 26.2 Å². The van der Waals surface area contributed by atoms with Gasteiger partial charge in [-0.1, -0.05) is 36.3 Å². The number of terminal acetylenes is 1. The van der Waals surface area contributed by atoms with Crippen molar-refractivity contribution in [3.05, 3.63) is 99.4 Å². The number of piperazine rings is 1. The van der Waals surface area contributed by atoms with Crippen LogP contribution < -0.4 is 15.8 Å². The molecule has 2 unspecified atom stereocenters. The number of H-pyrrole nitrogens is 1. The van der Waals surface area contributed by atoms with E-state index in [-0.39, 0.29) is 42.5 Å². The molecule has 0 saturated carbocycles. The number of alkyl halides is 1. The number of ketones is 1. The summed E-state index contributed by atoms with van der Waals surface area (Å²) >= 11 is 0. The zero-order valence-corrected chi connectivity index (χ0v) is 24.9. The Morgan fingerprint density at radius 2 is 1.93 bits per heavy atom. The van der Waals surface area contributed by atoms with Crippen LogP contribution >= 0.6 is 0 Å². The van der Waals surface area contributed by atoms with Gasteiger partial charge in [0.2, 0.25) is 5.78 Å². The molecule has 0 spiro atoms. The lowest BCUT2D eigenvalue weighted by Crippen LogP contribution is -2.54. The smallest absolute Gasteiger partial charge is 0.312 e. The van der Waals surface area contributed by atoms with Gasteiger partial charge >= 0.3 is 5.00 Å².